The normalized spacial score (nSPS) is 14.7. The molecule has 0 aliphatic rings. The Kier molecular flexibility index (Phi) is 5.06. The van der Waals surface area contributed by atoms with E-state index in [1.54, 1.807) is 0 Å². The minimum absolute atomic E-state index is 0.00259. The molecule has 76 valence electrons. The van der Waals surface area contributed by atoms with Crippen molar-refractivity contribution in [1.82, 2.24) is 0 Å². The van der Waals surface area contributed by atoms with Gasteiger partial charge in [-0.15, -0.1) is 0 Å². The first-order chi connectivity index (χ1) is 5.95. The molecule has 0 aliphatic heterocycles. The lowest BCUT2D eigenvalue weighted by Gasteiger charge is -2.15. The van der Waals surface area contributed by atoms with Crippen LogP contribution in [0, 0.1) is 5.92 Å². The Morgan fingerprint density at radius 2 is 2.00 bits per heavy atom. The fourth-order valence-corrected chi connectivity index (χ4v) is 0.978. The van der Waals surface area contributed by atoms with Crippen LogP contribution in [0.4, 0.5) is 0 Å². The Bertz CT molecular complexity index is 198. The second kappa shape index (κ2) is 5.53. The zero-order chi connectivity index (χ0) is 10.4. The number of guanidine groups is 1. The second-order valence-electron chi connectivity index (χ2n) is 3.21. The van der Waals surface area contributed by atoms with Crippen molar-refractivity contribution in [3.05, 3.63) is 0 Å². The largest absolute Gasteiger partial charge is 0.370 e. The molecule has 0 amide bonds. The minimum Gasteiger partial charge on any atom is -0.370 e. The SMILES string of the molecule is CC(=O)[C@H](N)[C@H](C)CCN=C(N)N. The number of carbonyl (C=O) groups is 1. The summed E-state index contributed by atoms with van der Waals surface area (Å²) in [5, 5.41) is 0. The van der Waals surface area contributed by atoms with Crippen LogP contribution in [-0.2, 0) is 4.79 Å². The second-order valence-corrected chi connectivity index (χ2v) is 3.21. The van der Waals surface area contributed by atoms with Gasteiger partial charge in [-0.2, -0.15) is 0 Å². The number of ketones is 1. The summed E-state index contributed by atoms with van der Waals surface area (Å²) in [6.07, 6.45) is 0.721. The van der Waals surface area contributed by atoms with Gasteiger partial charge in [0.05, 0.1) is 6.04 Å². The van der Waals surface area contributed by atoms with Crippen LogP contribution in [0.3, 0.4) is 0 Å². The number of Topliss-reactive ketones (excluding diaryl/α,β-unsaturated/α-hetero) is 1. The van der Waals surface area contributed by atoms with Crippen LogP contribution in [0.15, 0.2) is 4.99 Å². The molecule has 5 nitrogen and oxygen atoms in total. The molecule has 0 saturated carbocycles. The molecule has 0 rings (SSSR count). The average Bonchev–Trinajstić information content (AvgIpc) is 2.02. The molecule has 0 radical (unpaired) electrons. The van der Waals surface area contributed by atoms with Gasteiger partial charge < -0.3 is 17.2 Å². The molecular weight excluding hydrogens is 168 g/mol. The van der Waals surface area contributed by atoms with Gasteiger partial charge in [0, 0.05) is 6.54 Å². The van der Waals surface area contributed by atoms with Crippen molar-refractivity contribution in [3.63, 3.8) is 0 Å². The van der Waals surface area contributed by atoms with Gasteiger partial charge in [0.2, 0.25) is 0 Å². The summed E-state index contributed by atoms with van der Waals surface area (Å²) in [4.78, 5) is 14.7. The summed E-state index contributed by atoms with van der Waals surface area (Å²) in [6, 6.07) is -0.408. The van der Waals surface area contributed by atoms with Crippen LogP contribution in [-0.4, -0.2) is 24.3 Å². The Hall–Kier alpha value is -1.10. The molecule has 6 N–H and O–H groups in total. The van der Waals surface area contributed by atoms with E-state index < -0.39 is 6.04 Å². The number of nitrogens with two attached hydrogens (primary N) is 3. The maximum Gasteiger partial charge on any atom is 0.185 e. The van der Waals surface area contributed by atoms with Gasteiger partial charge in [0.15, 0.2) is 5.96 Å². The zero-order valence-electron chi connectivity index (χ0n) is 8.16. The standard InChI is InChI=1S/C8H18N4O/c1-5(7(9)6(2)13)3-4-12-8(10)11/h5,7H,3-4,9H2,1-2H3,(H4,10,11,12)/t5-,7-/m1/s1. The molecule has 0 aromatic rings. The number of aliphatic imine (C=N–C) groups is 1. The first-order valence-electron chi connectivity index (χ1n) is 4.26. The van der Waals surface area contributed by atoms with E-state index in [1.807, 2.05) is 6.92 Å². The van der Waals surface area contributed by atoms with Crippen molar-refractivity contribution in [3.8, 4) is 0 Å². The van der Waals surface area contributed by atoms with Gasteiger partial charge in [-0.3, -0.25) is 9.79 Å². The Morgan fingerprint density at radius 1 is 1.46 bits per heavy atom. The Balaban J connectivity index is 3.81. The highest BCUT2D eigenvalue weighted by Gasteiger charge is 2.16. The number of hydrogen-bond donors (Lipinski definition) is 3. The number of rotatable bonds is 5. The number of hydrogen-bond acceptors (Lipinski definition) is 3. The van der Waals surface area contributed by atoms with Gasteiger partial charge in [-0.1, -0.05) is 6.92 Å². The lowest BCUT2D eigenvalue weighted by atomic mass is 9.96. The van der Waals surface area contributed by atoms with Gasteiger partial charge >= 0.3 is 0 Å². The van der Waals surface area contributed by atoms with Crippen LogP contribution >= 0.6 is 0 Å². The molecule has 0 spiro atoms. The van der Waals surface area contributed by atoms with E-state index in [2.05, 4.69) is 4.99 Å². The van der Waals surface area contributed by atoms with Crippen molar-refractivity contribution in [2.45, 2.75) is 26.3 Å². The van der Waals surface area contributed by atoms with Crippen molar-refractivity contribution < 1.29 is 4.79 Å². The average molecular weight is 186 g/mol. The van der Waals surface area contributed by atoms with E-state index in [0.29, 0.717) is 6.54 Å². The fourth-order valence-electron chi connectivity index (χ4n) is 0.978. The van der Waals surface area contributed by atoms with Gasteiger partial charge in [0.25, 0.3) is 0 Å². The highest BCUT2D eigenvalue weighted by molar-refractivity contribution is 5.81. The molecule has 0 aromatic carbocycles. The Morgan fingerprint density at radius 3 is 2.38 bits per heavy atom. The van der Waals surface area contributed by atoms with E-state index in [4.69, 9.17) is 17.2 Å². The molecular formula is C8H18N4O. The smallest absolute Gasteiger partial charge is 0.185 e. The molecule has 0 fully saturated rings. The predicted octanol–water partition coefficient (Wildman–Crippen LogP) is -0.798. The number of nitrogens with zero attached hydrogens (tertiary/aromatic N) is 1. The van der Waals surface area contributed by atoms with E-state index >= 15 is 0 Å². The van der Waals surface area contributed by atoms with E-state index in [9.17, 15) is 4.79 Å². The molecule has 0 aliphatic carbocycles. The third kappa shape index (κ3) is 5.19. The first-order valence-corrected chi connectivity index (χ1v) is 4.26. The lowest BCUT2D eigenvalue weighted by molar-refractivity contribution is -0.119. The predicted molar refractivity (Wildman–Crippen MR) is 53.1 cm³/mol. The molecule has 0 unspecified atom stereocenters. The van der Waals surface area contributed by atoms with Crippen LogP contribution in [0.1, 0.15) is 20.3 Å². The minimum atomic E-state index is -0.408. The molecule has 5 heteroatoms. The summed E-state index contributed by atoms with van der Waals surface area (Å²) in [5.41, 5.74) is 15.9. The van der Waals surface area contributed by atoms with Gasteiger partial charge in [-0.05, 0) is 19.3 Å². The monoisotopic (exact) mass is 186 g/mol. The highest BCUT2D eigenvalue weighted by atomic mass is 16.1. The van der Waals surface area contributed by atoms with Crippen LogP contribution in [0.5, 0.6) is 0 Å². The molecule has 13 heavy (non-hydrogen) atoms. The van der Waals surface area contributed by atoms with Crippen LogP contribution in [0.25, 0.3) is 0 Å². The highest BCUT2D eigenvalue weighted by Crippen LogP contribution is 2.06. The van der Waals surface area contributed by atoms with E-state index in [1.165, 1.54) is 6.92 Å². The quantitative estimate of drug-likeness (QED) is 0.386. The summed E-state index contributed by atoms with van der Waals surface area (Å²) in [6.45, 7) is 3.92. The van der Waals surface area contributed by atoms with Crippen LogP contribution < -0.4 is 17.2 Å². The topological polar surface area (TPSA) is 107 Å². The zero-order valence-corrected chi connectivity index (χ0v) is 8.16. The summed E-state index contributed by atoms with van der Waals surface area (Å²) in [5.74, 6) is 0.182. The fraction of sp³-hybridized carbons (Fsp3) is 0.750. The maximum absolute atomic E-state index is 10.9. The van der Waals surface area contributed by atoms with Crippen LogP contribution in [0.2, 0.25) is 0 Å². The van der Waals surface area contributed by atoms with Crippen molar-refractivity contribution in [2.24, 2.45) is 28.1 Å². The van der Waals surface area contributed by atoms with Gasteiger partial charge in [-0.25, -0.2) is 0 Å². The molecule has 0 aromatic heterocycles. The van der Waals surface area contributed by atoms with Gasteiger partial charge in [0.1, 0.15) is 5.78 Å². The molecule has 0 bridgehead atoms. The van der Waals surface area contributed by atoms with E-state index in [-0.39, 0.29) is 17.7 Å². The molecule has 0 heterocycles. The van der Waals surface area contributed by atoms with Crippen molar-refractivity contribution >= 4 is 11.7 Å². The summed E-state index contributed by atoms with van der Waals surface area (Å²) in [7, 11) is 0. The van der Waals surface area contributed by atoms with Crippen molar-refractivity contribution in [2.75, 3.05) is 6.54 Å². The maximum atomic E-state index is 10.9. The first kappa shape index (κ1) is 11.9. The third-order valence-electron chi connectivity index (χ3n) is 1.96. The number of carbonyl (C=O) groups excluding carboxylic acids is 1. The Labute approximate surface area is 78.4 Å². The third-order valence-corrected chi connectivity index (χ3v) is 1.96. The summed E-state index contributed by atoms with van der Waals surface area (Å²) >= 11 is 0. The molecule has 0 saturated heterocycles. The molecule has 2 atom stereocenters. The van der Waals surface area contributed by atoms with Crippen molar-refractivity contribution in [1.29, 1.82) is 0 Å². The lowest BCUT2D eigenvalue weighted by Crippen LogP contribution is -2.35. The summed E-state index contributed by atoms with van der Waals surface area (Å²) < 4.78 is 0. The van der Waals surface area contributed by atoms with E-state index in [0.717, 1.165) is 6.42 Å².